The van der Waals surface area contributed by atoms with E-state index in [1.165, 1.54) is 57.9 Å². The number of hydrogen-bond donors (Lipinski definition) is 0. The van der Waals surface area contributed by atoms with E-state index in [-0.39, 0.29) is 10.6 Å². The fourth-order valence-corrected chi connectivity index (χ4v) is 6.94. The van der Waals surface area contributed by atoms with Gasteiger partial charge < -0.3 is 4.74 Å². The molecule has 0 aromatic heterocycles. The normalized spacial score (nSPS) is 13.9. The third-order valence-corrected chi connectivity index (χ3v) is 9.62. The number of nitrogens with zero attached hydrogens (tertiary/aromatic N) is 1. The number of aliphatic imine (C=N–C) groups is 1. The molecule has 0 N–H and O–H groups in total. The van der Waals surface area contributed by atoms with Crippen molar-refractivity contribution in [3.63, 3.8) is 0 Å². The van der Waals surface area contributed by atoms with E-state index in [1.807, 2.05) is 13.3 Å². The molecule has 3 aromatic carbocycles. The molecule has 0 aliphatic heterocycles. The first-order valence-electron chi connectivity index (χ1n) is 14.3. The minimum Gasteiger partial charge on any atom is -0.488 e. The quantitative estimate of drug-likeness (QED) is 0.130. The average Bonchev–Trinajstić information content (AvgIpc) is 2.89. The van der Waals surface area contributed by atoms with E-state index < -0.39 is 0 Å². The minimum absolute atomic E-state index is 0.00119. The molecule has 2 nitrogen and oxygen atoms in total. The van der Waals surface area contributed by atoms with Gasteiger partial charge in [-0.3, -0.25) is 4.99 Å². The van der Waals surface area contributed by atoms with Crippen LogP contribution >= 0.6 is 8.58 Å². The van der Waals surface area contributed by atoms with Crippen LogP contribution in [0.25, 0.3) is 0 Å². The van der Waals surface area contributed by atoms with Gasteiger partial charge in [0.15, 0.2) is 0 Å². The van der Waals surface area contributed by atoms with Gasteiger partial charge in [-0.1, -0.05) is 123 Å². The lowest BCUT2D eigenvalue weighted by molar-refractivity contribution is 0.295. The molecule has 3 heteroatoms. The Bertz CT molecular complexity index is 1210. The lowest BCUT2D eigenvalue weighted by Gasteiger charge is -2.37. The van der Waals surface area contributed by atoms with Gasteiger partial charge in [-0.15, -0.1) is 0 Å². The van der Waals surface area contributed by atoms with Crippen LogP contribution in [0.3, 0.4) is 0 Å². The van der Waals surface area contributed by atoms with Gasteiger partial charge in [0.1, 0.15) is 12.4 Å². The molecule has 0 aliphatic carbocycles. The molecule has 0 fully saturated rings. The maximum Gasteiger partial charge on any atom is 0.126 e. The molecule has 204 valence electrons. The Morgan fingerprint density at radius 1 is 0.921 bits per heavy atom. The first kappa shape index (κ1) is 30.1. The van der Waals surface area contributed by atoms with Crippen LogP contribution in [0.2, 0.25) is 0 Å². The SMILES string of the molecule is CCCCCC(CC)(Pc1ccc(C)cc1/C=N/C)c1cc(C(C)(C)C)cc(C)c1OCc1ccccc1. The van der Waals surface area contributed by atoms with Gasteiger partial charge in [-0.2, -0.15) is 0 Å². The molecule has 0 aliphatic rings. The number of aryl methyl sites for hydroxylation is 2. The molecule has 0 radical (unpaired) electrons. The van der Waals surface area contributed by atoms with Crippen molar-refractivity contribution >= 4 is 20.1 Å². The molecular weight excluding hydrogens is 481 g/mol. The van der Waals surface area contributed by atoms with Crippen LogP contribution in [0.15, 0.2) is 65.7 Å². The Morgan fingerprint density at radius 2 is 1.66 bits per heavy atom. The number of hydrogen-bond acceptors (Lipinski definition) is 2. The van der Waals surface area contributed by atoms with Crippen molar-refractivity contribution in [1.82, 2.24) is 0 Å². The Kier molecular flexibility index (Phi) is 10.8. The highest BCUT2D eigenvalue weighted by Crippen LogP contribution is 2.53. The lowest BCUT2D eigenvalue weighted by Crippen LogP contribution is -2.26. The third kappa shape index (κ3) is 7.57. The van der Waals surface area contributed by atoms with E-state index in [1.54, 1.807) is 0 Å². The molecule has 0 saturated heterocycles. The monoisotopic (exact) mass is 529 g/mol. The molecule has 2 unspecified atom stereocenters. The minimum atomic E-state index is -0.00119. The molecular formula is C35H48NOP. The van der Waals surface area contributed by atoms with Crippen molar-refractivity contribution in [1.29, 1.82) is 0 Å². The van der Waals surface area contributed by atoms with Crippen molar-refractivity contribution in [2.45, 2.75) is 97.7 Å². The first-order chi connectivity index (χ1) is 18.1. The van der Waals surface area contributed by atoms with Crippen LogP contribution in [-0.4, -0.2) is 13.3 Å². The highest BCUT2D eigenvalue weighted by Gasteiger charge is 2.36. The molecule has 3 rings (SSSR count). The summed E-state index contributed by atoms with van der Waals surface area (Å²) in [5.74, 6) is 1.07. The Hall–Kier alpha value is -2.44. The lowest BCUT2D eigenvalue weighted by atomic mass is 9.80. The van der Waals surface area contributed by atoms with Crippen LogP contribution in [0, 0.1) is 13.8 Å². The maximum absolute atomic E-state index is 6.75. The van der Waals surface area contributed by atoms with Gasteiger partial charge in [0, 0.05) is 24.0 Å². The molecule has 38 heavy (non-hydrogen) atoms. The van der Waals surface area contributed by atoms with Crippen molar-refractivity contribution < 1.29 is 4.74 Å². The molecule has 3 aromatic rings. The summed E-state index contributed by atoms with van der Waals surface area (Å²) in [6.45, 7) is 16.6. The number of unbranched alkanes of at least 4 members (excludes halogenated alkanes) is 2. The predicted molar refractivity (Wildman–Crippen MR) is 169 cm³/mol. The highest BCUT2D eigenvalue weighted by atomic mass is 31.1. The fraction of sp³-hybridized carbons (Fsp3) is 0.457. The van der Waals surface area contributed by atoms with Crippen molar-refractivity contribution in [3.05, 3.63) is 94.0 Å². The largest absolute Gasteiger partial charge is 0.488 e. The molecule has 0 spiro atoms. The first-order valence-corrected chi connectivity index (χ1v) is 15.3. The zero-order valence-corrected chi connectivity index (χ0v) is 25.9. The summed E-state index contributed by atoms with van der Waals surface area (Å²) in [4.78, 5) is 4.41. The second-order valence-electron chi connectivity index (χ2n) is 11.7. The molecule has 0 heterocycles. The van der Waals surface area contributed by atoms with E-state index in [0.717, 1.165) is 18.6 Å². The summed E-state index contributed by atoms with van der Waals surface area (Å²) in [5, 5.41) is 1.39. The smallest absolute Gasteiger partial charge is 0.126 e. The highest BCUT2D eigenvalue weighted by molar-refractivity contribution is 7.48. The van der Waals surface area contributed by atoms with Crippen LogP contribution in [0.1, 0.15) is 100 Å². The van der Waals surface area contributed by atoms with Crippen LogP contribution in [-0.2, 0) is 17.2 Å². The predicted octanol–water partition coefficient (Wildman–Crippen LogP) is 9.42. The van der Waals surface area contributed by atoms with E-state index in [2.05, 4.69) is 114 Å². The summed E-state index contributed by atoms with van der Waals surface area (Å²) in [6, 6.07) is 22.2. The van der Waals surface area contributed by atoms with Gasteiger partial charge in [0.2, 0.25) is 0 Å². The van der Waals surface area contributed by atoms with Crippen LogP contribution in [0.5, 0.6) is 5.75 Å². The zero-order chi connectivity index (χ0) is 27.8. The zero-order valence-electron chi connectivity index (χ0n) is 24.9. The van der Waals surface area contributed by atoms with E-state index >= 15 is 0 Å². The second kappa shape index (κ2) is 13.6. The fourth-order valence-electron chi connectivity index (χ4n) is 5.18. The van der Waals surface area contributed by atoms with Gasteiger partial charge in [0.25, 0.3) is 0 Å². The number of benzene rings is 3. The Labute approximate surface area is 234 Å². The number of rotatable bonds is 12. The third-order valence-electron chi connectivity index (χ3n) is 7.54. The van der Waals surface area contributed by atoms with E-state index in [9.17, 15) is 0 Å². The van der Waals surface area contributed by atoms with Gasteiger partial charge >= 0.3 is 0 Å². The van der Waals surface area contributed by atoms with Crippen molar-refractivity contribution in [2.75, 3.05) is 7.05 Å². The van der Waals surface area contributed by atoms with Crippen molar-refractivity contribution in [3.8, 4) is 5.75 Å². The topological polar surface area (TPSA) is 21.6 Å². The van der Waals surface area contributed by atoms with Crippen LogP contribution in [0.4, 0.5) is 0 Å². The van der Waals surface area contributed by atoms with Crippen LogP contribution < -0.4 is 10.0 Å². The Morgan fingerprint density at radius 3 is 2.29 bits per heavy atom. The molecule has 0 amide bonds. The molecule has 2 atom stereocenters. The van der Waals surface area contributed by atoms with Gasteiger partial charge in [0.05, 0.1) is 0 Å². The molecule has 0 bridgehead atoms. The molecule has 0 saturated carbocycles. The van der Waals surface area contributed by atoms with Gasteiger partial charge in [-0.25, -0.2) is 0 Å². The summed E-state index contributed by atoms with van der Waals surface area (Å²) < 4.78 is 6.75. The maximum atomic E-state index is 6.75. The summed E-state index contributed by atoms with van der Waals surface area (Å²) in [6.07, 6.45) is 7.95. The second-order valence-corrected chi connectivity index (χ2v) is 13.4. The number of ether oxygens (including phenoxy) is 1. The average molecular weight is 530 g/mol. The van der Waals surface area contributed by atoms with E-state index in [0.29, 0.717) is 15.2 Å². The van der Waals surface area contributed by atoms with E-state index in [4.69, 9.17) is 4.74 Å². The summed E-state index contributed by atoms with van der Waals surface area (Å²) in [7, 11) is 2.50. The summed E-state index contributed by atoms with van der Waals surface area (Å²) in [5.41, 5.74) is 7.79. The standard InChI is InChI=1S/C35H48NOP/c1-9-11-15-20-35(10-2,38-32-19-18-26(3)21-29(32)24-36-8)31-23-30(34(5,6)7)22-27(4)33(31)37-25-28-16-13-12-14-17-28/h12-14,16-19,21-24,38H,9-11,15,20,25H2,1-8H3/b36-24+. The van der Waals surface area contributed by atoms with Crippen molar-refractivity contribution in [2.24, 2.45) is 4.99 Å². The van der Waals surface area contributed by atoms with Gasteiger partial charge in [-0.05, 0) is 65.7 Å². The Balaban J connectivity index is 2.21. The summed E-state index contributed by atoms with van der Waals surface area (Å²) >= 11 is 0.